The number of aliphatic carboxylic acids is 1. The number of phenols is 1. The number of β-lactam (4-membered cyclic amide) rings is 1. The van der Waals surface area contributed by atoms with Crippen LogP contribution in [0.25, 0.3) is 0 Å². The van der Waals surface area contributed by atoms with E-state index < -0.39 is 41.7 Å². The average Bonchev–Trinajstić information content (AvgIpc) is 3.61. The van der Waals surface area contributed by atoms with Gasteiger partial charge >= 0.3 is 5.97 Å². The monoisotopic (exact) mass is 680 g/mol. The minimum Gasteiger partial charge on any atom is -0.506 e. The smallest absolute Gasteiger partial charge is 0.352 e. The number of phenolic OH excluding ortho intramolecular Hbond substituents is 1. The number of hydrogen-bond acceptors (Lipinski definition) is 15. The molecule has 1 aromatic carbocycles. The van der Waals surface area contributed by atoms with Crippen molar-refractivity contribution in [1.82, 2.24) is 35.4 Å². The number of carboxylic acids is 1. The Labute approximate surface area is 264 Å². The fraction of sp³-hybridized carbons (Fsp3) is 0.261. The highest BCUT2D eigenvalue weighted by Crippen LogP contribution is 2.41. The first-order valence-electron chi connectivity index (χ1n) is 12.3. The summed E-state index contributed by atoms with van der Waals surface area (Å²) in [5.74, 6) is -3.19. The zero-order valence-electron chi connectivity index (χ0n) is 22.3. The van der Waals surface area contributed by atoms with E-state index in [1.165, 1.54) is 51.8 Å². The molecule has 44 heavy (non-hydrogen) atoms. The predicted molar refractivity (Wildman–Crippen MR) is 160 cm³/mol. The summed E-state index contributed by atoms with van der Waals surface area (Å²) in [5, 5.41) is 41.3. The molecule has 0 radical (unpaired) electrons. The van der Waals surface area contributed by atoms with E-state index in [1.54, 1.807) is 7.05 Å². The van der Waals surface area contributed by atoms with Crippen molar-refractivity contribution in [1.29, 1.82) is 0 Å². The second-order valence-corrected chi connectivity index (χ2v) is 12.4. The molecule has 1 unspecified atom stereocenters. The topological polar surface area (TPSA) is 240 Å². The van der Waals surface area contributed by atoms with Crippen LogP contribution in [0.3, 0.4) is 0 Å². The van der Waals surface area contributed by atoms with Gasteiger partial charge in [-0.15, -0.1) is 28.2 Å². The minimum atomic E-state index is -1.28. The van der Waals surface area contributed by atoms with Crippen molar-refractivity contribution in [2.24, 2.45) is 12.2 Å². The highest BCUT2D eigenvalue weighted by Gasteiger charge is 2.54. The lowest BCUT2D eigenvalue weighted by Gasteiger charge is -2.49. The van der Waals surface area contributed by atoms with Gasteiger partial charge in [0.2, 0.25) is 5.16 Å². The van der Waals surface area contributed by atoms with Crippen molar-refractivity contribution >= 4 is 86.7 Å². The number of nitrogens with zero attached hydrogens (tertiary/aromatic N) is 7. The van der Waals surface area contributed by atoms with Crippen LogP contribution in [0.15, 0.2) is 45.2 Å². The second-order valence-electron chi connectivity index (χ2n) is 8.99. The van der Waals surface area contributed by atoms with Gasteiger partial charge in [0.05, 0.1) is 5.69 Å². The van der Waals surface area contributed by atoms with Crippen LogP contribution in [-0.2, 0) is 31.1 Å². The number of amides is 3. The number of carbonyl (C=O) groups is 4. The van der Waals surface area contributed by atoms with Gasteiger partial charge < -0.3 is 31.4 Å². The Morgan fingerprint density at radius 2 is 2.14 bits per heavy atom. The Bertz CT molecular complexity index is 1710. The molecule has 3 aromatic rings. The van der Waals surface area contributed by atoms with Gasteiger partial charge in [-0.3, -0.25) is 19.3 Å². The van der Waals surface area contributed by atoms with E-state index in [4.69, 9.17) is 22.2 Å². The molecule has 4 heterocycles. The molecule has 21 heteroatoms. The van der Waals surface area contributed by atoms with Crippen molar-refractivity contribution in [3.8, 4) is 5.75 Å². The minimum absolute atomic E-state index is 0.0292. The zero-order valence-corrected chi connectivity index (χ0v) is 25.5. The predicted octanol–water partition coefficient (Wildman–Crippen LogP) is 0.498. The molecular formula is C23H21ClN10O7S3. The molecule has 17 nitrogen and oxygen atoms in total. The first kappa shape index (κ1) is 31.0. The highest BCUT2D eigenvalue weighted by atomic mass is 35.5. The number of carbonyl (C=O) groups excluding carboxylic acids is 3. The van der Waals surface area contributed by atoms with Crippen LogP contribution >= 0.6 is 46.5 Å². The molecule has 2 aliphatic heterocycles. The number of aromatic hydroxyl groups is 1. The van der Waals surface area contributed by atoms with Gasteiger partial charge in [-0.25, -0.2) is 14.5 Å². The molecule has 0 spiro atoms. The fourth-order valence-corrected chi connectivity index (χ4v) is 7.10. The van der Waals surface area contributed by atoms with E-state index in [0.29, 0.717) is 10.7 Å². The maximum Gasteiger partial charge on any atom is 0.352 e. The van der Waals surface area contributed by atoms with E-state index >= 15 is 0 Å². The molecule has 1 fully saturated rings. The Hall–Kier alpha value is -4.40. The third-order valence-electron chi connectivity index (χ3n) is 6.06. The van der Waals surface area contributed by atoms with Crippen LogP contribution in [0.1, 0.15) is 5.69 Å². The Kier molecular flexibility index (Phi) is 9.22. The fourth-order valence-electron chi connectivity index (χ4n) is 4.05. The van der Waals surface area contributed by atoms with Crippen LogP contribution in [0.4, 0.5) is 10.8 Å². The van der Waals surface area contributed by atoms with Crippen molar-refractivity contribution in [3.05, 3.63) is 45.6 Å². The van der Waals surface area contributed by atoms with Crippen molar-refractivity contribution < 1.29 is 34.2 Å². The number of rotatable bonds is 11. The number of halogens is 1. The van der Waals surface area contributed by atoms with Gasteiger partial charge in [0.15, 0.2) is 17.5 Å². The number of nitrogens with one attached hydrogen (secondary N) is 2. The number of nitrogen functional groups attached to an aromatic ring is 1. The number of fused-ring (bicyclic) bond motifs is 1. The number of thiazole rings is 1. The molecule has 1 saturated heterocycles. The van der Waals surface area contributed by atoms with Crippen LogP contribution in [0.5, 0.6) is 5.75 Å². The number of nitrogens with two attached hydrogens (primary N) is 1. The van der Waals surface area contributed by atoms with Crippen LogP contribution in [0.2, 0.25) is 5.02 Å². The second kappa shape index (κ2) is 13.1. The third kappa shape index (κ3) is 6.56. The molecule has 2 atom stereocenters. The summed E-state index contributed by atoms with van der Waals surface area (Å²) in [5.41, 5.74) is 5.76. The molecule has 230 valence electrons. The number of hydrogen-bond donors (Lipinski definition) is 5. The van der Waals surface area contributed by atoms with Crippen molar-refractivity contribution in [3.63, 3.8) is 0 Å². The molecule has 0 bridgehead atoms. The van der Waals surface area contributed by atoms with Gasteiger partial charge in [0.1, 0.15) is 28.6 Å². The standard InChI is InChI=1S/C23H21ClN10O7S3/c1-33-23(29-31-32-33)44-7-9-6-42-20-16(19(38)34(20)17(9)21(39)40)28-18(37)15(12-8-43-22(25)27-12)30-41-5-14(36)26-11-4-10(24)2-3-13(11)35/h2-4,8,16,20,35H,5-7H2,1H3,(H2,25,27)(H,26,36)(H,28,37)(H,39,40)/t16?,20-/m1/s1. The lowest BCUT2D eigenvalue weighted by Crippen LogP contribution is -2.71. The van der Waals surface area contributed by atoms with E-state index in [9.17, 15) is 29.4 Å². The molecule has 2 aliphatic rings. The van der Waals surface area contributed by atoms with Gasteiger partial charge in [-0.05, 0) is 34.2 Å². The van der Waals surface area contributed by atoms with Crippen LogP contribution in [-0.4, -0.2) is 99.2 Å². The number of oxime groups is 1. The van der Waals surface area contributed by atoms with Gasteiger partial charge in [-0.1, -0.05) is 28.5 Å². The third-order valence-corrected chi connectivity index (χ3v) is 9.40. The number of thioether (sulfide) groups is 2. The van der Waals surface area contributed by atoms with E-state index in [2.05, 4.69) is 36.3 Å². The van der Waals surface area contributed by atoms with Crippen molar-refractivity contribution in [2.45, 2.75) is 16.6 Å². The maximum absolute atomic E-state index is 13.3. The summed E-state index contributed by atoms with van der Waals surface area (Å²) in [6.07, 6.45) is 0. The average molecular weight is 681 g/mol. The van der Waals surface area contributed by atoms with Gasteiger partial charge in [-0.2, -0.15) is 0 Å². The normalized spacial score (nSPS) is 18.0. The van der Waals surface area contributed by atoms with Gasteiger partial charge in [0.25, 0.3) is 17.7 Å². The largest absolute Gasteiger partial charge is 0.506 e. The number of anilines is 2. The highest BCUT2D eigenvalue weighted by molar-refractivity contribution is 8.01. The first-order chi connectivity index (χ1) is 21.0. The summed E-state index contributed by atoms with van der Waals surface area (Å²) < 4.78 is 1.44. The lowest BCUT2D eigenvalue weighted by molar-refractivity contribution is -0.150. The Morgan fingerprint density at radius 1 is 1.34 bits per heavy atom. The molecule has 6 N–H and O–H groups in total. The maximum atomic E-state index is 13.3. The number of aryl methyl sites for hydroxylation is 1. The number of aromatic nitrogens is 5. The summed E-state index contributed by atoms with van der Waals surface area (Å²) in [6.45, 7) is -0.658. The summed E-state index contributed by atoms with van der Waals surface area (Å²) >= 11 is 9.42. The quantitative estimate of drug-likeness (QED) is 0.0609. The van der Waals surface area contributed by atoms with E-state index in [-0.39, 0.29) is 50.2 Å². The van der Waals surface area contributed by atoms with Crippen LogP contribution < -0.4 is 16.4 Å². The molecule has 5 rings (SSSR count). The summed E-state index contributed by atoms with van der Waals surface area (Å²) in [4.78, 5) is 61.2. The summed E-state index contributed by atoms with van der Waals surface area (Å²) in [6, 6.07) is 2.99. The number of tetrazole rings is 1. The van der Waals surface area contributed by atoms with Crippen LogP contribution in [0, 0.1) is 0 Å². The molecule has 0 aliphatic carbocycles. The number of benzene rings is 1. The van der Waals surface area contributed by atoms with Gasteiger partial charge in [0, 0.05) is 29.0 Å². The molecule has 0 saturated carbocycles. The zero-order chi connectivity index (χ0) is 31.5. The van der Waals surface area contributed by atoms with E-state index in [1.807, 2.05) is 0 Å². The SMILES string of the molecule is Cn1nnnc1SCC1=C(C(=O)O)N2C(=O)C(NC(=O)C(=NOCC(=O)Nc3cc(Cl)ccc3O)c3csc(N)n3)[C@H]2SC1. The van der Waals surface area contributed by atoms with Crippen molar-refractivity contribution in [2.75, 3.05) is 29.2 Å². The lowest BCUT2D eigenvalue weighted by atomic mass is 10.0. The molecule has 3 amide bonds. The first-order valence-corrected chi connectivity index (χ1v) is 15.6. The molecule has 2 aromatic heterocycles. The number of carboxylic acid groups (broad SMARTS) is 1. The Balaban J connectivity index is 1.26. The summed E-state index contributed by atoms with van der Waals surface area (Å²) in [7, 11) is 1.65. The Morgan fingerprint density at radius 3 is 2.82 bits per heavy atom. The van der Waals surface area contributed by atoms with E-state index in [0.717, 1.165) is 16.2 Å². The molecular weight excluding hydrogens is 660 g/mol.